The molecule has 2 aliphatic carbocycles. The highest BCUT2D eigenvalue weighted by molar-refractivity contribution is 5.40. The van der Waals surface area contributed by atoms with Crippen LogP contribution in [0.5, 0.6) is 5.75 Å². The first-order chi connectivity index (χ1) is 13.8. The molecule has 3 fully saturated rings. The van der Waals surface area contributed by atoms with Gasteiger partial charge < -0.3 is 14.2 Å². The second-order valence-electron chi connectivity index (χ2n) is 9.40. The third-order valence-electron chi connectivity index (χ3n) is 7.67. The van der Waals surface area contributed by atoms with Gasteiger partial charge in [0.05, 0.1) is 19.1 Å². The third-order valence-corrected chi connectivity index (χ3v) is 7.67. The highest BCUT2D eigenvalue weighted by Crippen LogP contribution is 2.47. The van der Waals surface area contributed by atoms with E-state index >= 15 is 0 Å². The molecule has 0 radical (unpaired) electrons. The smallest absolute Gasteiger partial charge is 0.400 e. The van der Waals surface area contributed by atoms with Gasteiger partial charge in [0.2, 0.25) is 0 Å². The average molecular weight is 409 g/mol. The summed E-state index contributed by atoms with van der Waals surface area (Å²) >= 11 is 0. The quantitative estimate of drug-likeness (QED) is 0.583. The van der Waals surface area contributed by atoms with E-state index in [9.17, 15) is 8.78 Å². The highest BCUT2D eigenvalue weighted by Gasteiger charge is 2.47. The summed E-state index contributed by atoms with van der Waals surface area (Å²) in [6.45, 7) is 7.28. The predicted molar refractivity (Wildman–Crippen MR) is 108 cm³/mol. The summed E-state index contributed by atoms with van der Waals surface area (Å²) in [5.41, 5.74) is 3.11. The molecule has 1 spiro atoms. The van der Waals surface area contributed by atoms with Gasteiger partial charge in [0.25, 0.3) is 0 Å². The second kappa shape index (κ2) is 8.14. The van der Waals surface area contributed by atoms with Crippen molar-refractivity contribution in [3.8, 4) is 5.75 Å². The van der Waals surface area contributed by atoms with Gasteiger partial charge >= 0.3 is 6.11 Å². The third kappa shape index (κ3) is 4.46. The maximum Gasteiger partial charge on any atom is 0.400 e. The zero-order valence-electron chi connectivity index (χ0n) is 17.9. The molecule has 29 heavy (non-hydrogen) atoms. The molecule has 3 nitrogen and oxygen atoms in total. The molecule has 1 aromatic rings. The summed E-state index contributed by atoms with van der Waals surface area (Å²) in [5, 5.41) is 0. The van der Waals surface area contributed by atoms with Crippen LogP contribution in [-0.4, -0.2) is 25.1 Å². The zero-order chi connectivity index (χ0) is 20.6. The first kappa shape index (κ1) is 21.0. The molecular formula is C24H34F2O3. The standard InChI is InChI=1S/C24H34F2O3/c1-16-14-22(15-17(2)18(16)3)29-24(25,26)21-6-4-19(5-7-21)20-8-10-23(11-9-20)27-12-13-28-23/h14-15,19-21H,4-13H2,1-3H3. The van der Waals surface area contributed by atoms with Crippen LogP contribution in [0.2, 0.25) is 0 Å². The van der Waals surface area contributed by atoms with Crippen molar-refractivity contribution in [3.05, 3.63) is 28.8 Å². The lowest BCUT2D eigenvalue weighted by Crippen LogP contribution is -2.40. The molecule has 1 heterocycles. The number of hydrogen-bond acceptors (Lipinski definition) is 3. The van der Waals surface area contributed by atoms with E-state index in [4.69, 9.17) is 14.2 Å². The van der Waals surface area contributed by atoms with Crippen LogP contribution in [0.1, 0.15) is 68.1 Å². The molecule has 3 aliphatic rings. The van der Waals surface area contributed by atoms with Gasteiger partial charge in [-0.25, -0.2) is 0 Å². The van der Waals surface area contributed by atoms with Gasteiger partial charge in [0, 0.05) is 12.8 Å². The van der Waals surface area contributed by atoms with Crippen LogP contribution < -0.4 is 4.74 Å². The Morgan fingerprint density at radius 1 is 0.862 bits per heavy atom. The van der Waals surface area contributed by atoms with Crippen LogP contribution in [0, 0.1) is 38.5 Å². The number of alkyl halides is 2. The van der Waals surface area contributed by atoms with Crippen molar-refractivity contribution in [2.24, 2.45) is 17.8 Å². The van der Waals surface area contributed by atoms with Gasteiger partial charge in [-0.3, -0.25) is 0 Å². The van der Waals surface area contributed by atoms with Gasteiger partial charge in [-0.1, -0.05) is 0 Å². The van der Waals surface area contributed by atoms with Gasteiger partial charge in [-0.15, -0.1) is 0 Å². The minimum Gasteiger partial charge on any atom is -0.432 e. The Kier molecular flexibility index (Phi) is 5.91. The SMILES string of the molecule is Cc1cc(OC(F)(F)C2CCC(C3CCC4(CC3)OCCO4)CC2)cc(C)c1C. The number of hydrogen-bond donors (Lipinski definition) is 0. The number of ether oxygens (including phenoxy) is 3. The molecule has 0 atom stereocenters. The molecule has 0 bridgehead atoms. The second-order valence-corrected chi connectivity index (χ2v) is 9.40. The summed E-state index contributed by atoms with van der Waals surface area (Å²) < 4.78 is 46.6. The Balaban J connectivity index is 1.30. The van der Waals surface area contributed by atoms with Crippen molar-refractivity contribution < 1.29 is 23.0 Å². The number of aryl methyl sites for hydroxylation is 2. The van der Waals surface area contributed by atoms with Gasteiger partial charge in [-0.2, -0.15) is 8.78 Å². The topological polar surface area (TPSA) is 27.7 Å². The first-order valence-electron chi connectivity index (χ1n) is 11.2. The van der Waals surface area contributed by atoms with E-state index in [-0.39, 0.29) is 11.5 Å². The molecule has 5 heteroatoms. The van der Waals surface area contributed by atoms with E-state index in [1.165, 1.54) is 0 Å². The number of rotatable bonds is 4. The summed E-state index contributed by atoms with van der Waals surface area (Å²) in [5.74, 6) is 0.415. The lowest BCUT2D eigenvalue weighted by molar-refractivity contribution is -0.225. The summed E-state index contributed by atoms with van der Waals surface area (Å²) in [4.78, 5) is 0. The fourth-order valence-corrected chi connectivity index (χ4v) is 5.56. The van der Waals surface area contributed by atoms with Crippen molar-refractivity contribution >= 4 is 0 Å². The van der Waals surface area contributed by atoms with Crippen molar-refractivity contribution in [3.63, 3.8) is 0 Å². The minimum absolute atomic E-state index is 0.284. The summed E-state index contributed by atoms with van der Waals surface area (Å²) in [7, 11) is 0. The predicted octanol–water partition coefficient (Wildman–Crippen LogP) is 6.32. The first-order valence-corrected chi connectivity index (χ1v) is 11.2. The Hall–Kier alpha value is -1.20. The van der Waals surface area contributed by atoms with E-state index in [1.807, 2.05) is 20.8 Å². The van der Waals surface area contributed by atoms with Gasteiger partial charge in [-0.05, 0) is 100.0 Å². The normalized spacial score (nSPS) is 28.0. The van der Waals surface area contributed by atoms with E-state index < -0.39 is 12.0 Å². The average Bonchev–Trinajstić information content (AvgIpc) is 3.14. The molecule has 1 saturated heterocycles. The van der Waals surface area contributed by atoms with E-state index in [0.717, 1.165) is 55.2 Å². The molecule has 0 aromatic heterocycles. The molecule has 0 N–H and O–H groups in total. The maximum atomic E-state index is 14.9. The van der Waals surface area contributed by atoms with Gasteiger partial charge in [0.1, 0.15) is 5.75 Å². The fraction of sp³-hybridized carbons (Fsp3) is 0.750. The van der Waals surface area contributed by atoms with Crippen LogP contribution in [-0.2, 0) is 9.47 Å². The molecule has 4 rings (SSSR count). The molecule has 1 aromatic carbocycles. The Morgan fingerprint density at radius 3 is 1.93 bits per heavy atom. The molecule has 0 unspecified atom stereocenters. The summed E-state index contributed by atoms with van der Waals surface area (Å²) in [6.07, 6.45) is 3.78. The molecule has 0 amide bonds. The van der Waals surface area contributed by atoms with Gasteiger partial charge in [0.15, 0.2) is 5.79 Å². The van der Waals surface area contributed by atoms with Crippen molar-refractivity contribution in [1.82, 2.24) is 0 Å². The van der Waals surface area contributed by atoms with Crippen LogP contribution in [0.15, 0.2) is 12.1 Å². The number of benzene rings is 1. The molecular weight excluding hydrogens is 374 g/mol. The van der Waals surface area contributed by atoms with Crippen molar-refractivity contribution in [2.75, 3.05) is 13.2 Å². The molecule has 2 saturated carbocycles. The Labute approximate surface area is 173 Å². The van der Waals surface area contributed by atoms with E-state index in [1.54, 1.807) is 12.1 Å². The van der Waals surface area contributed by atoms with Crippen LogP contribution >= 0.6 is 0 Å². The fourth-order valence-electron chi connectivity index (χ4n) is 5.56. The lowest BCUT2D eigenvalue weighted by Gasteiger charge is -2.41. The Morgan fingerprint density at radius 2 is 1.38 bits per heavy atom. The van der Waals surface area contributed by atoms with E-state index in [2.05, 4.69) is 0 Å². The lowest BCUT2D eigenvalue weighted by atomic mass is 9.70. The largest absolute Gasteiger partial charge is 0.432 e. The summed E-state index contributed by atoms with van der Waals surface area (Å²) in [6, 6.07) is 3.46. The number of halogens is 2. The molecule has 1 aliphatic heterocycles. The van der Waals surface area contributed by atoms with Crippen molar-refractivity contribution in [1.29, 1.82) is 0 Å². The van der Waals surface area contributed by atoms with Crippen LogP contribution in [0.25, 0.3) is 0 Å². The monoisotopic (exact) mass is 408 g/mol. The highest BCUT2D eigenvalue weighted by atomic mass is 19.3. The van der Waals surface area contributed by atoms with Crippen LogP contribution in [0.4, 0.5) is 8.78 Å². The van der Waals surface area contributed by atoms with E-state index in [0.29, 0.717) is 37.9 Å². The van der Waals surface area contributed by atoms with Crippen molar-refractivity contribution in [2.45, 2.75) is 84.0 Å². The maximum absolute atomic E-state index is 14.9. The van der Waals surface area contributed by atoms with Crippen LogP contribution in [0.3, 0.4) is 0 Å². The Bertz CT molecular complexity index is 686. The minimum atomic E-state index is -3.11. The molecule has 162 valence electrons. The zero-order valence-corrected chi connectivity index (χ0v) is 17.9.